The van der Waals surface area contributed by atoms with Gasteiger partial charge in [0.15, 0.2) is 0 Å². The molecule has 19 heavy (non-hydrogen) atoms. The lowest BCUT2D eigenvalue weighted by Gasteiger charge is -2.31. The van der Waals surface area contributed by atoms with Gasteiger partial charge in [0.25, 0.3) is 5.91 Å². The highest BCUT2D eigenvalue weighted by atomic mass is 79.9. The Morgan fingerprint density at radius 3 is 2.74 bits per heavy atom. The van der Waals surface area contributed by atoms with Crippen LogP contribution in [0, 0.1) is 5.82 Å². The Morgan fingerprint density at radius 2 is 2.11 bits per heavy atom. The van der Waals surface area contributed by atoms with Crippen LogP contribution >= 0.6 is 27.5 Å². The molecule has 0 aliphatic carbocycles. The topological polar surface area (TPSA) is 32.3 Å². The minimum absolute atomic E-state index is 0.0531. The number of amides is 1. The van der Waals surface area contributed by atoms with Crippen molar-refractivity contribution in [1.29, 1.82) is 0 Å². The van der Waals surface area contributed by atoms with Gasteiger partial charge in [0, 0.05) is 17.6 Å². The Kier molecular flexibility index (Phi) is 4.81. The average Bonchev–Trinajstić information content (AvgIpc) is 2.42. The van der Waals surface area contributed by atoms with Crippen molar-refractivity contribution in [3.8, 4) is 0 Å². The molecular formula is C13H15BrClFN2O. The molecule has 0 atom stereocenters. The van der Waals surface area contributed by atoms with Gasteiger partial charge in [-0.3, -0.25) is 4.79 Å². The number of carbonyl (C=O) groups excluding carboxylic acids is 1. The van der Waals surface area contributed by atoms with Gasteiger partial charge in [-0.2, -0.15) is 0 Å². The number of hydrogen-bond donors (Lipinski definition) is 1. The smallest absolute Gasteiger partial charge is 0.256 e. The van der Waals surface area contributed by atoms with Gasteiger partial charge in [-0.1, -0.05) is 11.6 Å². The van der Waals surface area contributed by atoms with Gasteiger partial charge >= 0.3 is 0 Å². The molecule has 0 aromatic heterocycles. The van der Waals surface area contributed by atoms with Crippen LogP contribution < -0.4 is 5.32 Å². The first-order valence-electron chi connectivity index (χ1n) is 6.13. The molecule has 0 spiro atoms. The molecule has 1 N–H and O–H groups in total. The number of rotatable bonds is 2. The van der Waals surface area contributed by atoms with Gasteiger partial charge < -0.3 is 10.2 Å². The minimum atomic E-state index is -0.584. The highest BCUT2D eigenvalue weighted by molar-refractivity contribution is 9.10. The fourth-order valence-electron chi connectivity index (χ4n) is 2.24. The molecule has 2 rings (SSSR count). The second-order valence-electron chi connectivity index (χ2n) is 4.64. The maximum Gasteiger partial charge on any atom is 0.256 e. The molecule has 0 radical (unpaired) electrons. The summed E-state index contributed by atoms with van der Waals surface area (Å²) in [5.41, 5.74) is 0.0531. The van der Waals surface area contributed by atoms with Gasteiger partial charge in [0.2, 0.25) is 0 Å². The van der Waals surface area contributed by atoms with Crippen molar-refractivity contribution in [2.24, 2.45) is 0 Å². The van der Waals surface area contributed by atoms with E-state index in [4.69, 9.17) is 11.6 Å². The zero-order valence-corrected chi connectivity index (χ0v) is 12.9. The highest BCUT2D eigenvalue weighted by Crippen LogP contribution is 2.27. The Hall–Kier alpha value is -0.650. The third-order valence-corrected chi connectivity index (χ3v) is 4.61. The van der Waals surface area contributed by atoms with E-state index in [1.807, 2.05) is 0 Å². The number of nitrogens with one attached hydrogen (secondary N) is 1. The van der Waals surface area contributed by atoms with Gasteiger partial charge in [-0.15, -0.1) is 0 Å². The summed E-state index contributed by atoms with van der Waals surface area (Å²) in [6.45, 7) is 1.77. The van der Waals surface area contributed by atoms with E-state index < -0.39 is 5.82 Å². The van der Waals surface area contributed by atoms with Crippen molar-refractivity contribution in [1.82, 2.24) is 10.2 Å². The first-order valence-corrected chi connectivity index (χ1v) is 7.30. The molecule has 3 nitrogen and oxygen atoms in total. The molecule has 1 amide bonds. The van der Waals surface area contributed by atoms with E-state index in [2.05, 4.69) is 21.2 Å². The Labute approximate surface area is 125 Å². The summed E-state index contributed by atoms with van der Waals surface area (Å²) in [6.07, 6.45) is 1.78. The Morgan fingerprint density at radius 1 is 1.47 bits per heavy atom. The summed E-state index contributed by atoms with van der Waals surface area (Å²) in [6, 6.07) is 2.76. The lowest BCUT2D eigenvalue weighted by Crippen LogP contribution is -2.44. The number of hydrogen-bond acceptors (Lipinski definition) is 2. The summed E-state index contributed by atoms with van der Waals surface area (Å²) in [7, 11) is 1.72. The van der Waals surface area contributed by atoms with Crippen molar-refractivity contribution in [2.45, 2.75) is 18.9 Å². The first kappa shape index (κ1) is 14.8. The monoisotopic (exact) mass is 348 g/mol. The minimum Gasteiger partial charge on any atom is -0.339 e. The van der Waals surface area contributed by atoms with E-state index in [9.17, 15) is 9.18 Å². The van der Waals surface area contributed by atoms with Crippen molar-refractivity contribution >= 4 is 33.4 Å². The molecular weight excluding hydrogens is 335 g/mol. The molecule has 1 heterocycles. The molecule has 1 aliphatic rings. The van der Waals surface area contributed by atoms with Crippen LogP contribution in [0.3, 0.4) is 0 Å². The van der Waals surface area contributed by atoms with Crippen LogP contribution in [0.15, 0.2) is 16.6 Å². The van der Waals surface area contributed by atoms with Crippen LogP contribution in [-0.2, 0) is 0 Å². The van der Waals surface area contributed by atoms with E-state index >= 15 is 0 Å². The lowest BCUT2D eigenvalue weighted by molar-refractivity contribution is 0.0698. The second-order valence-corrected chi connectivity index (χ2v) is 5.90. The zero-order valence-electron chi connectivity index (χ0n) is 10.5. The molecule has 104 valence electrons. The molecule has 6 heteroatoms. The molecule has 1 fully saturated rings. The van der Waals surface area contributed by atoms with E-state index in [-0.39, 0.29) is 22.5 Å². The average molecular weight is 350 g/mol. The summed E-state index contributed by atoms with van der Waals surface area (Å²) in [5, 5.41) is 3.50. The SMILES string of the molecule is CN(C(=O)c1cc(Br)c(Cl)cc1F)C1CCNCC1. The van der Waals surface area contributed by atoms with Crippen LogP contribution in [0.5, 0.6) is 0 Å². The number of piperidine rings is 1. The molecule has 0 saturated carbocycles. The van der Waals surface area contributed by atoms with E-state index in [1.165, 1.54) is 6.07 Å². The maximum absolute atomic E-state index is 13.8. The Bertz CT molecular complexity index is 492. The van der Waals surface area contributed by atoms with Crippen molar-refractivity contribution in [3.63, 3.8) is 0 Å². The molecule has 0 unspecified atom stereocenters. The van der Waals surface area contributed by atoms with Crippen LogP contribution in [0.2, 0.25) is 5.02 Å². The summed E-state index contributed by atoms with van der Waals surface area (Å²) < 4.78 is 14.4. The third kappa shape index (κ3) is 3.27. The molecule has 1 aliphatic heterocycles. The quantitative estimate of drug-likeness (QED) is 0.832. The Balaban J connectivity index is 2.21. The summed E-state index contributed by atoms with van der Waals surface area (Å²) in [5.74, 6) is -0.888. The number of halogens is 3. The number of benzene rings is 1. The van der Waals surface area contributed by atoms with E-state index in [0.717, 1.165) is 32.0 Å². The second kappa shape index (κ2) is 6.20. The molecule has 0 bridgehead atoms. The standard InChI is InChI=1S/C13H15BrClFN2O/c1-18(8-2-4-17-5-3-8)13(19)9-6-10(14)11(15)7-12(9)16/h6-8,17H,2-5H2,1H3. The molecule has 1 saturated heterocycles. The lowest BCUT2D eigenvalue weighted by atomic mass is 10.0. The largest absolute Gasteiger partial charge is 0.339 e. The summed E-state index contributed by atoms with van der Waals surface area (Å²) in [4.78, 5) is 14.0. The molecule has 1 aromatic carbocycles. The highest BCUT2D eigenvalue weighted by Gasteiger charge is 2.25. The fourth-order valence-corrected chi connectivity index (χ4v) is 2.73. The van der Waals surface area contributed by atoms with Gasteiger partial charge in [0.1, 0.15) is 5.82 Å². The predicted molar refractivity (Wildman–Crippen MR) is 77.1 cm³/mol. The van der Waals surface area contributed by atoms with E-state index in [1.54, 1.807) is 11.9 Å². The maximum atomic E-state index is 13.8. The number of carbonyl (C=O) groups is 1. The third-order valence-electron chi connectivity index (χ3n) is 3.42. The summed E-state index contributed by atoms with van der Waals surface area (Å²) >= 11 is 9.01. The number of nitrogens with zero attached hydrogens (tertiary/aromatic N) is 1. The van der Waals surface area contributed by atoms with Crippen molar-refractivity contribution in [2.75, 3.05) is 20.1 Å². The van der Waals surface area contributed by atoms with E-state index in [0.29, 0.717) is 4.47 Å². The van der Waals surface area contributed by atoms with Gasteiger partial charge in [-0.25, -0.2) is 4.39 Å². The van der Waals surface area contributed by atoms with Crippen molar-refractivity contribution < 1.29 is 9.18 Å². The van der Waals surface area contributed by atoms with Crippen LogP contribution in [0.4, 0.5) is 4.39 Å². The fraction of sp³-hybridized carbons (Fsp3) is 0.462. The molecule has 1 aromatic rings. The van der Waals surface area contributed by atoms with Gasteiger partial charge in [0.05, 0.1) is 10.6 Å². The van der Waals surface area contributed by atoms with Crippen LogP contribution in [0.1, 0.15) is 23.2 Å². The first-order chi connectivity index (χ1) is 9.00. The van der Waals surface area contributed by atoms with Crippen molar-refractivity contribution in [3.05, 3.63) is 33.0 Å². The normalized spacial score (nSPS) is 16.4. The van der Waals surface area contributed by atoms with Gasteiger partial charge in [-0.05, 0) is 54.0 Å². The zero-order chi connectivity index (χ0) is 14.0. The predicted octanol–water partition coefficient (Wildman–Crippen LogP) is 3.07. The van der Waals surface area contributed by atoms with Crippen LogP contribution in [-0.4, -0.2) is 37.0 Å². The van der Waals surface area contributed by atoms with Crippen LogP contribution in [0.25, 0.3) is 0 Å².